The molecule has 1 unspecified atom stereocenters. The molecule has 1 heterocycles. The van der Waals surface area contributed by atoms with E-state index in [-0.39, 0.29) is 14.9 Å². The predicted molar refractivity (Wildman–Crippen MR) is 76.5 cm³/mol. The Bertz CT molecular complexity index is 747. The van der Waals surface area contributed by atoms with Crippen LogP contribution in [0.25, 0.3) is 0 Å². The Morgan fingerprint density at radius 2 is 2.14 bits per heavy atom. The van der Waals surface area contributed by atoms with Crippen LogP contribution in [-0.2, 0) is 10.0 Å². The van der Waals surface area contributed by atoms with Crippen LogP contribution >= 0.6 is 11.3 Å². The third kappa shape index (κ3) is 3.74. The molecule has 9 heteroatoms. The molecular formula is C12H13F2N3O2S2. The number of rotatable bonds is 5. The number of hydrogen-bond acceptors (Lipinski definition) is 5. The summed E-state index contributed by atoms with van der Waals surface area (Å²) < 4.78 is 49.3. The van der Waals surface area contributed by atoms with Gasteiger partial charge in [0.25, 0.3) is 0 Å². The molecule has 114 valence electrons. The molecule has 0 aliphatic heterocycles. The molecule has 0 saturated heterocycles. The van der Waals surface area contributed by atoms with E-state index in [2.05, 4.69) is 10.3 Å². The molecule has 1 aromatic carbocycles. The second-order valence-corrected chi connectivity index (χ2v) is 7.12. The first-order valence-corrected chi connectivity index (χ1v) is 8.37. The van der Waals surface area contributed by atoms with Gasteiger partial charge in [0.1, 0.15) is 11.6 Å². The van der Waals surface area contributed by atoms with Crippen LogP contribution in [-0.4, -0.2) is 13.4 Å². The van der Waals surface area contributed by atoms with Gasteiger partial charge in [0.2, 0.25) is 10.0 Å². The maximum atomic E-state index is 13.8. The summed E-state index contributed by atoms with van der Waals surface area (Å²) >= 11 is 0.837. The molecule has 0 spiro atoms. The Labute approximate surface area is 124 Å². The third-order valence-corrected chi connectivity index (χ3v) is 5.14. The number of primary sulfonamides is 1. The summed E-state index contributed by atoms with van der Waals surface area (Å²) in [5.41, 5.74) is 0.157. The lowest BCUT2D eigenvalue weighted by molar-refractivity contribution is 0.567. The number of nitrogens with two attached hydrogens (primary N) is 1. The van der Waals surface area contributed by atoms with Crippen LogP contribution in [0.4, 0.5) is 13.9 Å². The second kappa shape index (κ2) is 6.04. The van der Waals surface area contributed by atoms with Crippen LogP contribution < -0.4 is 10.5 Å². The fourth-order valence-electron chi connectivity index (χ4n) is 1.79. The van der Waals surface area contributed by atoms with Gasteiger partial charge in [-0.1, -0.05) is 18.3 Å². The molecule has 0 fully saturated rings. The van der Waals surface area contributed by atoms with E-state index in [0.717, 1.165) is 35.7 Å². The van der Waals surface area contributed by atoms with Gasteiger partial charge in [-0.2, -0.15) is 0 Å². The van der Waals surface area contributed by atoms with Crippen molar-refractivity contribution in [2.45, 2.75) is 23.6 Å². The quantitative estimate of drug-likeness (QED) is 0.881. The van der Waals surface area contributed by atoms with Gasteiger partial charge in [-0.3, -0.25) is 0 Å². The van der Waals surface area contributed by atoms with Gasteiger partial charge in [-0.05, 0) is 24.6 Å². The lowest BCUT2D eigenvalue weighted by Crippen LogP contribution is -2.12. The van der Waals surface area contributed by atoms with Gasteiger partial charge in [-0.25, -0.2) is 27.3 Å². The summed E-state index contributed by atoms with van der Waals surface area (Å²) in [6.45, 7) is 1.79. The fraction of sp³-hybridized carbons (Fsp3) is 0.250. The molecule has 1 aromatic heterocycles. The molecule has 21 heavy (non-hydrogen) atoms. The van der Waals surface area contributed by atoms with Gasteiger partial charge in [-0.15, -0.1) is 0 Å². The van der Waals surface area contributed by atoms with Crippen molar-refractivity contribution >= 4 is 26.5 Å². The first-order chi connectivity index (χ1) is 9.81. The first kappa shape index (κ1) is 15.8. The zero-order chi connectivity index (χ0) is 15.6. The average molecular weight is 333 g/mol. The number of aromatic nitrogens is 1. The number of benzene rings is 1. The average Bonchev–Trinajstić information content (AvgIpc) is 2.87. The topological polar surface area (TPSA) is 85.1 Å². The molecular weight excluding hydrogens is 320 g/mol. The Morgan fingerprint density at radius 1 is 1.43 bits per heavy atom. The number of thiazole rings is 1. The predicted octanol–water partition coefficient (Wildman–Crippen LogP) is 2.63. The van der Waals surface area contributed by atoms with Crippen molar-refractivity contribution in [3.05, 3.63) is 41.6 Å². The molecule has 0 radical (unpaired) electrons. The standard InChI is InChI=1S/C12H13F2N3O2S2/c1-2-10(8-5-7(13)3-4-9(8)14)17-12-16-6-11(20-12)21(15,18)19/h3-6,10H,2H2,1H3,(H,16,17)(H2,15,18,19). The Hall–Kier alpha value is -1.58. The minimum atomic E-state index is -3.82. The van der Waals surface area contributed by atoms with Gasteiger partial charge in [0.15, 0.2) is 9.34 Å². The van der Waals surface area contributed by atoms with E-state index in [1.807, 2.05) is 0 Å². The third-order valence-electron chi connectivity index (χ3n) is 2.80. The molecule has 0 aliphatic rings. The molecule has 0 aliphatic carbocycles. The highest BCUT2D eigenvalue weighted by Crippen LogP contribution is 2.29. The smallest absolute Gasteiger partial charge is 0.249 e. The van der Waals surface area contributed by atoms with Crippen LogP contribution in [0.2, 0.25) is 0 Å². The number of anilines is 1. The minimum Gasteiger partial charge on any atom is -0.355 e. The molecule has 2 rings (SSSR count). The monoisotopic (exact) mass is 333 g/mol. The number of halogens is 2. The highest BCUT2D eigenvalue weighted by molar-refractivity contribution is 7.91. The highest BCUT2D eigenvalue weighted by Gasteiger charge is 2.18. The van der Waals surface area contributed by atoms with Crippen molar-refractivity contribution in [3.63, 3.8) is 0 Å². The number of hydrogen-bond donors (Lipinski definition) is 2. The van der Waals surface area contributed by atoms with Crippen molar-refractivity contribution in [2.75, 3.05) is 5.32 Å². The van der Waals surface area contributed by atoms with Crippen LogP contribution in [0, 0.1) is 11.6 Å². The molecule has 0 bridgehead atoms. The van der Waals surface area contributed by atoms with Crippen molar-refractivity contribution in [3.8, 4) is 0 Å². The summed E-state index contributed by atoms with van der Waals surface area (Å²) in [6, 6.07) is 2.66. The number of nitrogens with zero attached hydrogens (tertiary/aromatic N) is 1. The molecule has 3 N–H and O–H groups in total. The Kier molecular flexibility index (Phi) is 4.55. The Balaban J connectivity index is 2.27. The largest absolute Gasteiger partial charge is 0.355 e. The lowest BCUT2D eigenvalue weighted by atomic mass is 10.0. The summed E-state index contributed by atoms with van der Waals surface area (Å²) in [5, 5.41) is 8.15. The highest BCUT2D eigenvalue weighted by atomic mass is 32.2. The first-order valence-electron chi connectivity index (χ1n) is 6.01. The summed E-state index contributed by atoms with van der Waals surface area (Å²) in [6.07, 6.45) is 1.58. The van der Waals surface area contributed by atoms with E-state index in [1.54, 1.807) is 6.92 Å². The molecule has 5 nitrogen and oxygen atoms in total. The fourth-order valence-corrected chi connectivity index (χ4v) is 3.29. The number of sulfonamides is 1. The van der Waals surface area contributed by atoms with Crippen LogP contribution in [0.1, 0.15) is 24.9 Å². The molecule has 1 atom stereocenters. The van der Waals surface area contributed by atoms with Crippen LogP contribution in [0.3, 0.4) is 0 Å². The van der Waals surface area contributed by atoms with Crippen molar-refractivity contribution in [1.82, 2.24) is 4.98 Å². The van der Waals surface area contributed by atoms with Crippen LogP contribution in [0.5, 0.6) is 0 Å². The zero-order valence-electron chi connectivity index (χ0n) is 11.0. The van der Waals surface area contributed by atoms with E-state index >= 15 is 0 Å². The minimum absolute atomic E-state index is 0.0976. The SMILES string of the molecule is CCC(Nc1ncc(S(N)(=O)=O)s1)c1cc(F)ccc1F. The summed E-state index contributed by atoms with van der Waals surface area (Å²) in [5.74, 6) is -1.09. The van der Waals surface area contributed by atoms with Crippen molar-refractivity contribution in [2.24, 2.45) is 5.14 Å². The lowest BCUT2D eigenvalue weighted by Gasteiger charge is -2.17. The van der Waals surface area contributed by atoms with Gasteiger partial charge >= 0.3 is 0 Å². The van der Waals surface area contributed by atoms with Crippen molar-refractivity contribution in [1.29, 1.82) is 0 Å². The number of nitrogens with one attached hydrogen (secondary N) is 1. The molecule has 2 aromatic rings. The zero-order valence-corrected chi connectivity index (χ0v) is 12.6. The normalized spacial score (nSPS) is 13.1. The van der Waals surface area contributed by atoms with Gasteiger partial charge < -0.3 is 5.32 Å². The van der Waals surface area contributed by atoms with E-state index in [0.29, 0.717) is 6.42 Å². The molecule has 0 amide bonds. The maximum Gasteiger partial charge on any atom is 0.249 e. The van der Waals surface area contributed by atoms with Gasteiger partial charge in [0, 0.05) is 5.56 Å². The van der Waals surface area contributed by atoms with Gasteiger partial charge in [0.05, 0.1) is 12.2 Å². The maximum absolute atomic E-state index is 13.8. The van der Waals surface area contributed by atoms with E-state index < -0.39 is 27.7 Å². The van der Waals surface area contributed by atoms with Crippen LogP contribution in [0.15, 0.2) is 28.6 Å². The Morgan fingerprint density at radius 3 is 2.71 bits per heavy atom. The molecule has 0 saturated carbocycles. The van der Waals surface area contributed by atoms with E-state index in [9.17, 15) is 17.2 Å². The second-order valence-electron chi connectivity index (χ2n) is 4.30. The van der Waals surface area contributed by atoms with Crippen molar-refractivity contribution < 1.29 is 17.2 Å². The van der Waals surface area contributed by atoms with E-state index in [4.69, 9.17) is 5.14 Å². The summed E-state index contributed by atoms with van der Waals surface area (Å²) in [7, 11) is -3.82. The summed E-state index contributed by atoms with van der Waals surface area (Å²) in [4.78, 5) is 3.88. The van der Waals surface area contributed by atoms with E-state index in [1.165, 1.54) is 0 Å².